The molecule has 2 N–H and O–H groups in total. The topological polar surface area (TPSA) is 53.1 Å². The summed E-state index contributed by atoms with van der Waals surface area (Å²) < 4.78 is 0.890. The fourth-order valence-electron chi connectivity index (χ4n) is 1.16. The monoisotopic (exact) mass is 239 g/mol. The van der Waals surface area contributed by atoms with Crippen molar-refractivity contribution in [1.29, 1.82) is 0 Å². The summed E-state index contributed by atoms with van der Waals surface area (Å²) >= 11 is 3.29. The van der Waals surface area contributed by atoms with Crippen molar-refractivity contribution in [2.75, 3.05) is 0 Å². The van der Waals surface area contributed by atoms with Crippen molar-refractivity contribution in [3.63, 3.8) is 0 Å². The molecule has 0 radical (unpaired) electrons. The first-order valence-corrected chi connectivity index (χ1v) is 4.48. The van der Waals surface area contributed by atoms with Crippen LogP contribution in [0.3, 0.4) is 0 Å². The number of pyridine rings is 1. The summed E-state index contributed by atoms with van der Waals surface area (Å²) in [6.45, 7) is 0. The number of fused-ring (bicyclic) bond motifs is 1. The van der Waals surface area contributed by atoms with Crippen LogP contribution in [-0.4, -0.2) is 10.1 Å². The van der Waals surface area contributed by atoms with Gasteiger partial charge in [-0.25, -0.2) is 0 Å². The van der Waals surface area contributed by atoms with E-state index in [9.17, 15) is 4.79 Å². The predicted molar refractivity (Wildman–Crippen MR) is 53.9 cm³/mol. The number of rotatable bonds is 0. The zero-order chi connectivity index (χ0) is 9.42. The van der Waals surface area contributed by atoms with Crippen molar-refractivity contribution < 1.29 is 5.11 Å². The number of aromatic hydroxyl groups is 1. The molecule has 0 amide bonds. The van der Waals surface area contributed by atoms with E-state index in [1.165, 1.54) is 6.07 Å². The SMILES string of the molecule is O=c1[nH]c2cc(Br)ccc2cc1O. The average Bonchev–Trinajstić information content (AvgIpc) is 2.08. The molecule has 0 saturated heterocycles. The highest BCUT2D eigenvalue weighted by molar-refractivity contribution is 9.10. The van der Waals surface area contributed by atoms with Crippen LogP contribution in [0.5, 0.6) is 5.75 Å². The van der Waals surface area contributed by atoms with E-state index in [4.69, 9.17) is 5.11 Å². The maximum atomic E-state index is 11.0. The highest BCUT2D eigenvalue weighted by atomic mass is 79.9. The number of aromatic amines is 1. The molecule has 0 aliphatic heterocycles. The van der Waals surface area contributed by atoms with Gasteiger partial charge in [-0.1, -0.05) is 22.0 Å². The fourth-order valence-corrected chi connectivity index (χ4v) is 1.52. The third kappa shape index (κ3) is 1.45. The second kappa shape index (κ2) is 2.88. The Hall–Kier alpha value is -1.29. The normalized spacial score (nSPS) is 10.5. The zero-order valence-corrected chi connectivity index (χ0v) is 8.13. The number of hydrogen-bond acceptors (Lipinski definition) is 2. The van der Waals surface area contributed by atoms with Gasteiger partial charge in [0, 0.05) is 15.4 Å². The molecule has 0 bridgehead atoms. The van der Waals surface area contributed by atoms with Crippen molar-refractivity contribution in [3.8, 4) is 5.75 Å². The van der Waals surface area contributed by atoms with Crippen LogP contribution in [0.1, 0.15) is 0 Å². The molecule has 3 nitrogen and oxygen atoms in total. The number of H-pyrrole nitrogens is 1. The standard InChI is InChI=1S/C9H6BrNO2/c10-6-2-1-5-3-8(12)9(13)11-7(5)4-6/h1-4,12H,(H,11,13). The molecule has 0 aliphatic rings. The minimum absolute atomic E-state index is 0.255. The lowest BCUT2D eigenvalue weighted by Gasteiger charge is -1.98. The maximum Gasteiger partial charge on any atom is 0.290 e. The highest BCUT2D eigenvalue weighted by Gasteiger charge is 2.00. The van der Waals surface area contributed by atoms with E-state index in [-0.39, 0.29) is 5.75 Å². The molecule has 0 atom stereocenters. The van der Waals surface area contributed by atoms with Crippen LogP contribution >= 0.6 is 15.9 Å². The first-order valence-electron chi connectivity index (χ1n) is 3.68. The second-order valence-electron chi connectivity index (χ2n) is 2.72. The van der Waals surface area contributed by atoms with Crippen LogP contribution in [0.15, 0.2) is 33.5 Å². The molecule has 0 saturated carbocycles. The molecule has 0 spiro atoms. The summed E-state index contributed by atoms with van der Waals surface area (Å²) in [7, 11) is 0. The summed E-state index contributed by atoms with van der Waals surface area (Å²) in [5.74, 6) is -0.255. The summed E-state index contributed by atoms with van der Waals surface area (Å²) in [6, 6.07) is 6.89. The van der Waals surface area contributed by atoms with Crippen LogP contribution in [0.2, 0.25) is 0 Å². The van der Waals surface area contributed by atoms with Crippen LogP contribution < -0.4 is 5.56 Å². The Bertz CT molecular complexity index is 518. The molecule has 0 unspecified atom stereocenters. The Morgan fingerprint density at radius 1 is 1.31 bits per heavy atom. The summed E-state index contributed by atoms with van der Waals surface area (Å²) in [6.07, 6.45) is 0. The molecule has 1 heterocycles. The van der Waals surface area contributed by atoms with Gasteiger partial charge in [0.05, 0.1) is 0 Å². The van der Waals surface area contributed by atoms with Gasteiger partial charge in [0.15, 0.2) is 5.75 Å². The molecule has 1 aromatic carbocycles. The first-order chi connectivity index (χ1) is 6.16. The van der Waals surface area contributed by atoms with Crippen LogP contribution in [0.4, 0.5) is 0 Å². The maximum absolute atomic E-state index is 11.0. The molecule has 2 rings (SSSR count). The van der Waals surface area contributed by atoms with Gasteiger partial charge in [0.1, 0.15) is 0 Å². The smallest absolute Gasteiger partial charge is 0.290 e. The Kier molecular flexibility index (Phi) is 1.84. The fraction of sp³-hybridized carbons (Fsp3) is 0. The van der Waals surface area contributed by atoms with Crippen molar-refractivity contribution in [3.05, 3.63) is 39.1 Å². The molecule has 66 valence electrons. The number of nitrogens with one attached hydrogen (secondary N) is 1. The molecule has 4 heteroatoms. The zero-order valence-electron chi connectivity index (χ0n) is 6.54. The molecular formula is C9H6BrNO2. The lowest BCUT2D eigenvalue weighted by atomic mass is 10.2. The van der Waals surface area contributed by atoms with E-state index in [1.807, 2.05) is 12.1 Å². The Morgan fingerprint density at radius 2 is 2.08 bits per heavy atom. The molecule has 0 fully saturated rings. The van der Waals surface area contributed by atoms with Gasteiger partial charge in [-0.15, -0.1) is 0 Å². The Labute approximate surface area is 82.2 Å². The average molecular weight is 240 g/mol. The van der Waals surface area contributed by atoms with Crippen molar-refractivity contribution in [2.24, 2.45) is 0 Å². The number of aromatic nitrogens is 1. The van der Waals surface area contributed by atoms with Crippen molar-refractivity contribution >= 4 is 26.8 Å². The number of halogens is 1. The summed E-state index contributed by atoms with van der Waals surface area (Å²) in [4.78, 5) is 13.6. The van der Waals surface area contributed by atoms with Gasteiger partial charge in [0.25, 0.3) is 5.56 Å². The van der Waals surface area contributed by atoms with Crippen LogP contribution in [0, 0.1) is 0 Å². The first kappa shape index (κ1) is 8.31. The van der Waals surface area contributed by atoms with Gasteiger partial charge in [-0.2, -0.15) is 0 Å². The van der Waals surface area contributed by atoms with Gasteiger partial charge < -0.3 is 10.1 Å². The lowest BCUT2D eigenvalue weighted by Crippen LogP contribution is -2.03. The van der Waals surface area contributed by atoms with E-state index in [2.05, 4.69) is 20.9 Å². The molecule has 1 aromatic heterocycles. The minimum Gasteiger partial charge on any atom is -0.503 e. The predicted octanol–water partition coefficient (Wildman–Crippen LogP) is 2.00. The van der Waals surface area contributed by atoms with Gasteiger partial charge >= 0.3 is 0 Å². The van der Waals surface area contributed by atoms with Gasteiger partial charge in [0.2, 0.25) is 0 Å². The van der Waals surface area contributed by atoms with Crippen molar-refractivity contribution in [1.82, 2.24) is 4.98 Å². The Balaban J connectivity index is 2.89. The van der Waals surface area contributed by atoms with Gasteiger partial charge in [-0.05, 0) is 18.2 Å². The third-order valence-corrected chi connectivity index (χ3v) is 2.28. The van der Waals surface area contributed by atoms with Crippen molar-refractivity contribution in [2.45, 2.75) is 0 Å². The van der Waals surface area contributed by atoms with E-state index < -0.39 is 5.56 Å². The summed E-state index contributed by atoms with van der Waals surface area (Å²) in [5.41, 5.74) is 0.239. The summed E-state index contributed by atoms with van der Waals surface area (Å²) in [5, 5.41) is 9.94. The van der Waals surface area contributed by atoms with E-state index >= 15 is 0 Å². The largest absolute Gasteiger partial charge is 0.503 e. The molecule has 13 heavy (non-hydrogen) atoms. The van der Waals surface area contributed by atoms with Gasteiger partial charge in [-0.3, -0.25) is 4.79 Å². The van der Waals surface area contributed by atoms with E-state index in [1.54, 1.807) is 6.07 Å². The van der Waals surface area contributed by atoms with E-state index in [0.717, 1.165) is 9.86 Å². The Morgan fingerprint density at radius 3 is 2.85 bits per heavy atom. The van der Waals surface area contributed by atoms with Crippen LogP contribution in [-0.2, 0) is 0 Å². The molecule has 2 aromatic rings. The molecule has 0 aliphatic carbocycles. The quantitative estimate of drug-likeness (QED) is 0.739. The van der Waals surface area contributed by atoms with Crippen LogP contribution in [0.25, 0.3) is 10.9 Å². The van der Waals surface area contributed by atoms with E-state index in [0.29, 0.717) is 5.52 Å². The third-order valence-electron chi connectivity index (χ3n) is 1.79. The molecular weight excluding hydrogens is 234 g/mol. The second-order valence-corrected chi connectivity index (χ2v) is 3.63. The lowest BCUT2D eigenvalue weighted by molar-refractivity contribution is 0.468. The minimum atomic E-state index is -0.467. The highest BCUT2D eigenvalue weighted by Crippen LogP contribution is 2.18. The number of hydrogen-bond donors (Lipinski definition) is 2. The number of benzene rings is 1.